The minimum atomic E-state index is -1.05. The first-order chi connectivity index (χ1) is 8.98. The molecule has 0 saturated heterocycles. The summed E-state index contributed by atoms with van der Waals surface area (Å²) in [5.41, 5.74) is -0.0372. The van der Waals surface area contributed by atoms with Crippen LogP contribution in [-0.4, -0.2) is 18.4 Å². The highest BCUT2D eigenvalue weighted by Crippen LogP contribution is 2.15. The highest BCUT2D eigenvalue weighted by Gasteiger charge is 2.35. The molecule has 2 amide bonds. The van der Waals surface area contributed by atoms with Gasteiger partial charge in [-0.15, -0.1) is 0 Å². The van der Waals surface area contributed by atoms with E-state index in [0.717, 1.165) is 12.0 Å². The van der Waals surface area contributed by atoms with Gasteiger partial charge in [0, 0.05) is 13.1 Å². The van der Waals surface area contributed by atoms with E-state index in [4.69, 9.17) is 0 Å². The van der Waals surface area contributed by atoms with Gasteiger partial charge in [-0.1, -0.05) is 37.3 Å². The van der Waals surface area contributed by atoms with Crippen molar-refractivity contribution < 1.29 is 9.59 Å². The zero-order valence-electron chi connectivity index (χ0n) is 11.8. The predicted molar refractivity (Wildman–Crippen MR) is 75.4 cm³/mol. The first-order valence-corrected chi connectivity index (χ1v) is 6.59. The van der Waals surface area contributed by atoms with Gasteiger partial charge >= 0.3 is 0 Å². The molecule has 4 nitrogen and oxygen atoms in total. The summed E-state index contributed by atoms with van der Waals surface area (Å²) in [6.07, 6.45) is 0.855. The molecule has 19 heavy (non-hydrogen) atoms. The second-order valence-electron chi connectivity index (χ2n) is 5.05. The Morgan fingerprint density at radius 3 is 2.21 bits per heavy atom. The normalized spacial score (nSPS) is 10.9. The summed E-state index contributed by atoms with van der Waals surface area (Å²) in [6, 6.07) is 9.63. The van der Waals surface area contributed by atoms with Crippen LogP contribution in [0.15, 0.2) is 30.3 Å². The summed E-state index contributed by atoms with van der Waals surface area (Å²) in [5.74, 6) is -0.495. The molecule has 0 bridgehead atoms. The first-order valence-electron chi connectivity index (χ1n) is 6.59. The third-order valence-electron chi connectivity index (χ3n) is 2.97. The maximum Gasteiger partial charge on any atom is 0.235 e. The molecule has 0 aromatic heterocycles. The minimum absolute atomic E-state index is 0.236. The fourth-order valence-electron chi connectivity index (χ4n) is 1.56. The molecule has 1 aromatic carbocycles. The molecule has 0 heterocycles. The molecular formula is C15H22N2O2. The Morgan fingerprint density at radius 2 is 1.63 bits per heavy atom. The summed E-state index contributed by atoms with van der Waals surface area (Å²) in [4.78, 5) is 24.0. The Kier molecular flexibility index (Phi) is 5.55. The molecule has 2 N–H and O–H groups in total. The number of carbonyl (C=O) groups excluding carboxylic acids is 2. The smallest absolute Gasteiger partial charge is 0.235 e. The van der Waals surface area contributed by atoms with Crippen molar-refractivity contribution in [2.75, 3.05) is 6.54 Å². The number of rotatable bonds is 6. The maximum absolute atomic E-state index is 12.1. The van der Waals surface area contributed by atoms with Gasteiger partial charge in [0.2, 0.25) is 11.8 Å². The molecule has 0 spiro atoms. The van der Waals surface area contributed by atoms with Crippen LogP contribution in [0.4, 0.5) is 0 Å². The van der Waals surface area contributed by atoms with Gasteiger partial charge in [-0.3, -0.25) is 9.59 Å². The Labute approximate surface area is 114 Å². The number of amides is 2. The van der Waals surface area contributed by atoms with Crippen molar-refractivity contribution >= 4 is 11.8 Å². The van der Waals surface area contributed by atoms with E-state index in [1.54, 1.807) is 13.8 Å². The molecular weight excluding hydrogens is 240 g/mol. The molecule has 0 fully saturated rings. The van der Waals surface area contributed by atoms with Crippen LogP contribution < -0.4 is 10.6 Å². The summed E-state index contributed by atoms with van der Waals surface area (Å²) >= 11 is 0. The monoisotopic (exact) mass is 262 g/mol. The van der Waals surface area contributed by atoms with E-state index in [2.05, 4.69) is 10.6 Å². The Bertz CT molecular complexity index is 427. The van der Waals surface area contributed by atoms with E-state index in [0.29, 0.717) is 13.1 Å². The highest BCUT2D eigenvalue weighted by molar-refractivity contribution is 6.04. The highest BCUT2D eigenvalue weighted by atomic mass is 16.2. The van der Waals surface area contributed by atoms with Crippen LogP contribution in [0.25, 0.3) is 0 Å². The summed E-state index contributed by atoms with van der Waals surface area (Å²) < 4.78 is 0. The van der Waals surface area contributed by atoms with Gasteiger partial charge in [0.05, 0.1) is 0 Å². The molecule has 0 aliphatic rings. The fraction of sp³-hybridized carbons (Fsp3) is 0.467. The van der Waals surface area contributed by atoms with Gasteiger partial charge in [0.15, 0.2) is 0 Å². The molecule has 0 atom stereocenters. The molecule has 0 aliphatic heterocycles. The van der Waals surface area contributed by atoms with Crippen LogP contribution >= 0.6 is 0 Å². The molecule has 0 radical (unpaired) electrons. The van der Waals surface area contributed by atoms with Crippen LogP contribution in [0.2, 0.25) is 0 Å². The van der Waals surface area contributed by atoms with E-state index in [-0.39, 0.29) is 11.8 Å². The number of nitrogens with one attached hydrogen (secondary N) is 2. The SMILES string of the molecule is CCCNC(=O)C(C)(C)C(=O)NCc1ccccc1. The van der Waals surface area contributed by atoms with Gasteiger partial charge in [-0.2, -0.15) is 0 Å². The van der Waals surface area contributed by atoms with Crippen LogP contribution in [0.3, 0.4) is 0 Å². The molecule has 0 unspecified atom stereocenters. The van der Waals surface area contributed by atoms with Gasteiger partial charge < -0.3 is 10.6 Å². The molecule has 1 aromatic rings. The number of hydrogen-bond acceptors (Lipinski definition) is 2. The van der Waals surface area contributed by atoms with Gasteiger partial charge in [-0.05, 0) is 25.8 Å². The largest absolute Gasteiger partial charge is 0.355 e. The lowest BCUT2D eigenvalue weighted by molar-refractivity contribution is -0.141. The average molecular weight is 262 g/mol. The van der Waals surface area contributed by atoms with Crippen molar-refractivity contribution in [2.24, 2.45) is 5.41 Å². The topological polar surface area (TPSA) is 58.2 Å². The van der Waals surface area contributed by atoms with Gasteiger partial charge in [0.25, 0.3) is 0 Å². The lowest BCUT2D eigenvalue weighted by Crippen LogP contribution is -2.47. The van der Waals surface area contributed by atoms with Crippen LogP contribution in [0.1, 0.15) is 32.8 Å². The first kappa shape index (κ1) is 15.2. The third-order valence-corrected chi connectivity index (χ3v) is 2.97. The number of benzene rings is 1. The molecule has 0 aliphatic carbocycles. The number of carbonyl (C=O) groups is 2. The summed E-state index contributed by atoms with van der Waals surface area (Å²) in [7, 11) is 0. The summed E-state index contributed by atoms with van der Waals surface area (Å²) in [5, 5.41) is 5.55. The van der Waals surface area contributed by atoms with E-state index in [9.17, 15) is 9.59 Å². The molecule has 0 saturated carbocycles. The van der Waals surface area contributed by atoms with E-state index in [1.165, 1.54) is 0 Å². The van der Waals surface area contributed by atoms with Crippen LogP contribution in [0.5, 0.6) is 0 Å². The lowest BCUT2D eigenvalue weighted by Gasteiger charge is -2.22. The second-order valence-corrected chi connectivity index (χ2v) is 5.05. The van der Waals surface area contributed by atoms with Crippen molar-refractivity contribution in [3.63, 3.8) is 0 Å². The van der Waals surface area contributed by atoms with Crippen molar-refractivity contribution in [3.05, 3.63) is 35.9 Å². The Balaban J connectivity index is 2.54. The van der Waals surface area contributed by atoms with Crippen LogP contribution in [-0.2, 0) is 16.1 Å². The van der Waals surface area contributed by atoms with E-state index in [1.807, 2.05) is 37.3 Å². The summed E-state index contributed by atoms with van der Waals surface area (Å²) in [6.45, 7) is 6.28. The van der Waals surface area contributed by atoms with Gasteiger partial charge in [-0.25, -0.2) is 0 Å². The Hall–Kier alpha value is -1.84. The molecule has 104 valence electrons. The zero-order chi connectivity index (χ0) is 14.3. The van der Waals surface area contributed by atoms with Crippen molar-refractivity contribution in [1.29, 1.82) is 0 Å². The quantitative estimate of drug-likeness (QED) is 0.769. The van der Waals surface area contributed by atoms with E-state index >= 15 is 0 Å². The Morgan fingerprint density at radius 1 is 1.05 bits per heavy atom. The van der Waals surface area contributed by atoms with Crippen molar-refractivity contribution in [1.82, 2.24) is 10.6 Å². The lowest BCUT2D eigenvalue weighted by atomic mass is 9.91. The maximum atomic E-state index is 12.1. The van der Waals surface area contributed by atoms with E-state index < -0.39 is 5.41 Å². The number of hydrogen-bond donors (Lipinski definition) is 2. The van der Waals surface area contributed by atoms with Gasteiger partial charge in [0.1, 0.15) is 5.41 Å². The fourth-order valence-corrected chi connectivity index (χ4v) is 1.56. The zero-order valence-corrected chi connectivity index (χ0v) is 11.8. The van der Waals surface area contributed by atoms with Crippen molar-refractivity contribution in [3.8, 4) is 0 Å². The second kappa shape index (κ2) is 6.92. The minimum Gasteiger partial charge on any atom is -0.355 e. The average Bonchev–Trinajstić information content (AvgIpc) is 2.42. The van der Waals surface area contributed by atoms with Crippen molar-refractivity contribution in [2.45, 2.75) is 33.7 Å². The third kappa shape index (κ3) is 4.39. The predicted octanol–water partition coefficient (Wildman–Crippen LogP) is 1.86. The molecule has 1 rings (SSSR count). The standard InChI is InChI=1S/C15H22N2O2/c1-4-10-16-13(18)15(2,3)14(19)17-11-12-8-6-5-7-9-12/h5-9H,4,10-11H2,1-3H3,(H,16,18)(H,17,19). The molecule has 4 heteroatoms. The van der Waals surface area contributed by atoms with Crippen LogP contribution in [0, 0.1) is 5.41 Å².